The molecule has 0 N–H and O–H groups in total. The van der Waals surface area contributed by atoms with E-state index in [1.54, 1.807) is 5.82 Å². The Morgan fingerprint density at radius 3 is 1.55 bits per heavy atom. The molecule has 182 valence electrons. The molecule has 0 aliphatic heterocycles. The summed E-state index contributed by atoms with van der Waals surface area (Å²) in [6.07, 6.45) is 34.0. The van der Waals surface area contributed by atoms with Gasteiger partial charge in [-0.3, -0.25) is 0 Å². The van der Waals surface area contributed by atoms with Crippen LogP contribution in [0.4, 0.5) is 0 Å². The number of aryl methyl sites for hydroxylation is 2. The van der Waals surface area contributed by atoms with Gasteiger partial charge < -0.3 is 0 Å². The Hall–Kier alpha value is -0.790. The first-order chi connectivity index (χ1) is 15.3. The fraction of sp³-hybridized carbons (Fsp3) is 0.897. The van der Waals surface area contributed by atoms with Gasteiger partial charge in [-0.1, -0.05) is 117 Å². The van der Waals surface area contributed by atoms with E-state index >= 15 is 0 Å². The van der Waals surface area contributed by atoms with Crippen LogP contribution in [0.2, 0.25) is 0 Å². The number of hydrogen-bond donors (Lipinski definition) is 0. The first kappa shape index (κ1) is 28.2. The second kappa shape index (κ2) is 21.1. The lowest BCUT2D eigenvalue weighted by atomic mass is 10.1. The molecule has 0 aliphatic carbocycles. The van der Waals surface area contributed by atoms with Gasteiger partial charge >= 0.3 is 0 Å². The van der Waals surface area contributed by atoms with Crippen LogP contribution in [0.3, 0.4) is 0 Å². The summed E-state index contributed by atoms with van der Waals surface area (Å²) in [7, 11) is 0. The van der Waals surface area contributed by atoms with E-state index in [1.807, 2.05) is 0 Å². The molecular formula is C29H57N2+. The van der Waals surface area contributed by atoms with Gasteiger partial charge in [-0.15, -0.1) is 0 Å². The lowest BCUT2D eigenvalue weighted by Crippen LogP contribution is -2.37. The topological polar surface area (TPSA) is 8.81 Å². The second-order valence-corrected chi connectivity index (χ2v) is 9.86. The van der Waals surface area contributed by atoms with Gasteiger partial charge in [0.2, 0.25) is 0 Å². The minimum absolute atomic E-state index is 1.22. The molecule has 0 spiro atoms. The fourth-order valence-electron chi connectivity index (χ4n) is 4.73. The highest BCUT2D eigenvalue weighted by atomic mass is 15.1. The number of unbranched alkanes of at least 4 members (excludes halogenated alkanes) is 17. The van der Waals surface area contributed by atoms with Crippen LogP contribution < -0.4 is 4.57 Å². The maximum atomic E-state index is 2.60. The van der Waals surface area contributed by atoms with Crippen LogP contribution in [0.1, 0.15) is 155 Å². The Labute approximate surface area is 196 Å². The van der Waals surface area contributed by atoms with E-state index in [-0.39, 0.29) is 0 Å². The molecule has 0 saturated heterocycles. The van der Waals surface area contributed by atoms with Crippen LogP contribution in [-0.2, 0) is 19.5 Å². The standard InChI is InChI=1S/C29H57N2/c1-4-7-10-13-15-17-20-23-26-31-28-27-30(25-22-19-12-9-6-3)29(31)24-21-18-16-14-11-8-5-2/h27-28H,4-26H2,1-3H3/q+1. The van der Waals surface area contributed by atoms with Crippen molar-refractivity contribution in [3.8, 4) is 0 Å². The minimum atomic E-state index is 1.22. The zero-order chi connectivity index (χ0) is 22.4. The molecule has 2 nitrogen and oxygen atoms in total. The van der Waals surface area contributed by atoms with E-state index in [2.05, 4.69) is 42.3 Å². The van der Waals surface area contributed by atoms with E-state index in [9.17, 15) is 0 Å². The van der Waals surface area contributed by atoms with Crippen molar-refractivity contribution in [2.75, 3.05) is 0 Å². The lowest BCUT2D eigenvalue weighted by molar-refractivity contribution is -0.704. The molecule has 0 unspecified atom stereocenters. The molecule has 1 heterocycles. The number of aromatic nitrogens is 2. The summed E-state index contributed by atoms with van der Waals surface area (Å²) in [5, 5.41) is 0. The maximum absolute atomic E-state index is 2.60. The summed E-state index contributed by atoms with van der Waals surface area (Å²) in [5.41, 5.74) is 0. The molecule has 0 radical (unpaired) electrons. The fourth-order valence-corrected chi connectivity index (χ4v) is 4.73. The SMILES string of the molecule is CCCCCCCCCCn1cc[n+](CCCCCCC)c1CCCCCCCCC. The van der Waals surface area contributed by atoms with Crippen LogP contribution in [0, 0.1) is 0 Å². The maximum Gasteiger partial charge on any atom is 0.256 e. The largest absolute Gasteiger partial charge is 0.256 e. The first-order valence-corrected chi connectivity index (χ1v) is 14.4. The molecule has 0 aliphatic rings. The van der Waals surface area contributed by atoms with Gasteiger partial charge in [0, 0.05) is 6.42 Å². The molecule has 0 amide bonds. The summed E-state index contributed by atoms with van der Waals surface area (Å²) >= 11 is 0. The number of imidazole rings is 1. The Kier molecular flexibility index (Phi) is 19.2. The summed E-state index contributed by atoms with van der Waals surface area (Å²) in [4.78, 5) is 0. The normalized spacial score (nSPS) is 11.5. The molecule has 1 rings (SSSR count). The predicted octanol–water partition coefficient (Wildman–Crippen LogP) is 9.18. The van der Waals surface area contributed by atoms with Crippen molar-refractivity contribution < 1.29 is 4.57 Å². The van der Waals surface area contributed by atoms with E-state index in [0.717, 1.165) is 0 Å². The number of hydrogen-bond acceptors (Lipinski definition) is 0. The zero-order valence-electron chi connectivity index (χ0n) is 21.8. The number of nitrogens with zero attached hydrogens (tertiary/aromatic N) is 2. The van der Waals surface area contributed by atoms with Gasteiger partial charge in [-0.2, -0.15) is 0 Å². The molecule has 1 aromatic rings. The van der Waals surface area contributed by atoms with Crippen LogP contribution in [-0.4, -0.2) is 4.57 Å². The molecule has 0 bridgehead atoms. The van der Waals surface area contributed by atoms with Gasteiger partial charge in [-0.05, 0) is 32.1 Å². The van der Waals surface area contributed by atoms with Crippen molar-refractivity contribution in [2.24, 2.45) is 0 Å². The number of rotatable bonds is 23. The molecule has 2 heteroatoms. The lowest BCUT2D eigenvalue weighted by Gasteiger charge is -2.07. The molecule has 0 fully saturated rings. The van der Waals surface area contributed by atoms with Crippen LogP contribution in [0.25, 0.3) is 0 Å². The Morgan fingerprint density at radius 2 is 1.00 bits per heavy atom. The second-order valence-electron chi connectivity index (χ2n) is 9.86. The Balaban J connectivity index is 2.39. The van der Waals surface area contributed by atoms with Crippen molar-refractivity contribution in [1.29, 1.82) is 0 Å². The van der Waals surface area contributed by atoms with Gasteiger partial charge in [0.1, 0.15) is 12.4 Å². The van der Waals surface area contributed by atoms with Crippen LogP contribution in [0.5, 0.6) is 0 Å². The summed E-state index contributed by atoms with van der Waals surface area (Å²) in [5.74, 6) is 1.60. The van der Waals surface area contributed by atoms with Crippen LogP contribution >= 0.6 is 0 Å². The van der Waals surface area contributed by atoms with Crippen molar-refractivity contribution in [2.45, 2.75) is 169 Å². The molecular weight excluding hydrogens is 376 g/mol. The van der Waals surface area contributed by atoms with E-state index in [1.165, 1.54) is 148 Å². The predicted molar refractivity (Wildman–Crippen MR) is 138 cm³/mol. The van der Waals surface area contributed by atoms with E-state index in [0.29, 0.717) is 0 Å². The summed E-state index contributed by atoms with van der Waals surface area (Å²) in [6.45, 7) is 9.37. The van der Waals surface area contributed by atoms with E-state index in [4.69, 9.17) is 0 Å². The third kappa shape index (κ3) is 14.8. The highest BCUT2D eigenvalue weighted by molar-refractivity contribution is 4.84. The van der Waals surface area contributed by atoms with Crippen molar-refractivity contribution in [1.82, 2.24) is 4.57 Å². The average Bonchev–Trinajstić information content (AvgIpc) is 3.16. The highest BCUT2D eigenvalue weighted by Gasteiger charge is 2.16. The molecule has 1 aromatic heterocycles. The van der Waals surface area contributed by atoms with E-state index < -0.39 is 0 Å². The Bertz CT molecular complexity index is 491. The van der Waals surface area contributed by atoms with Crippen LogP contribution in [0.15, 0.2) is 12.4 Å². The van der Waals surface area contributed by atoms with Crippen molar-refractivity contribution >= 4 is 0 Å². The summed E-state index contributed by atoms with van der Waals surface area (Å²) in [6, 6.07) is 0. The summed E-state index contributed by atoms with van der Waals surface area (Å²) < 4.78 is 5.19. The first-order valence-electron chi connectivity index (χ1n) is 14.4. The quantitative estimate of drug-likeness (QED) is 0.120. The van der Waals surface area contributed by atoms with Gasteiger partial charge in [0.25, 0.3) is 5.82 Å². The van der Waals surface area contributed by atoms with Gasteiger partial charge in [0.15, 0.2) is 0 Å². The highest BCUT2D eigenvalue weighted by Crippen LogP contribution is 2.13. The molecule has 0 aromatic carbocycles. The monoisotopic (exact) mass is 433 g/mol. The third-order valence-electron chi connectivity index (χ3n) is 6.85. The Morgan fingerprint density at radius 1 is 0.548 bits per heavy atom. The molecule has 31 heavy (non-hydrogen) atoms. The van der Waals surface area contributed by atoms with Crippen molar-refractivity contribution in [3.05, 3.63) is 18.2 Å². The minimum Gasteiger partial charge on any atom is -0.234 e. The van der Waals surface area contributed by atoms with Crippen molar-refractivity contribution in [3.63, 3.8) is 0 Å². The molecule has 0 saturated carbocycles. The molecule has 0 atom stereocenters. The zero-order valence-corrected chi connectivity index (χ0v) is 21.8. The third-order valence-corrected chi connectivity index (χ3v) is 6.85. The van der Waals surface area contributed by atoms with Gasteiger partial charge in [-0.25, -0.2) is 9.13 Å². The smallest absolute Gasteiger partial charge is 0.234 e. The average molecular weight is 434 g/mol. The van der Waals surface area contributed by atoms with Gasteiger partial charge in [0.05, 0.1) is 13.1 Å².